The van der Waals surface area contributed by atoms with Crippen molar-refractivity contribution in [2.45, 2.75) is 31.8 Å². The predicted molar refractivity (Wildman–Crippen MR) is 93.8 cm³/mol. The van der Waals surface area contributed by atoms with Crippen LogP contribution in [0.4, 0.5) is 4.39 Å². The first-order valence-corrected chi connectivity index (χ1v) is 8.22. The summed E-state index contributed by atoms with van der Waals surface area (Å²) in [5.41, 5.74) is 7.29. The Bertz CT molecular complexity index is 830. The average Bonchev–Trinajstić information content (AvgIpc) is 2.99. The van der Waals surface area contributed by atoms with Crippen LogP contribution in [0.2, 0.25) is 0 Å². The third-order valence-corrected chi connectivity index (χ3v) is 4.19. The van der Waals surface area contributed by atoms with Gasteiger partial charge in [0.2, 0.25) is 5.66 Å². The highest BCUT2D eigenvalue weighted by atomic mass is 19.1. The molecule has 2 aromatic rings. The maximum absolute atomic E-state index is 13.3. The minimum atomic E-state index is -1.53. The zero-order valence-corrected chi connectivity index (χ0v) is 13.9. The number of aromatic nitrogens is 1. The van der Waals surface area contributed by atoms with E-state index in [1.807, 2.05) is 6.92 Å². The van der Waals surface area contributed by atoms with Crippen molar-refractivity contribution >= 4 is 17.1 Å². The fraction of sp³-hybridized carbons (Fsp3) is 0.263. The molecule has 0 fully saturated rings. The van der Waals surface area contributed by atoms with Crippen LogP contribution in [0.15, 0.2) is 59.0 Å². The molecule has 5 nitrogen and oxygen atoms in total. The van der Waals surface area contributed by atoms with Gasteiger partial charge in [-0.15, -0.1) is 0 Å². The predicted octanol–water partition coefficient (Wildman–Crippen LogP) is 3.97. The molecule has 6 heteroatoms. The molecule has 128 valence electrons. The molecule has 0 radical (unpaired) electrons. The molecule has 1 atom stereocenters. The molecule has 0 spiro atoms. The second-order valence-electron chi connectivity index (χ2n) is 5.96. The van der Waals surface area contributed by atoms with Gasteiger partial charge >= 0.3 is 0 Å². The summed E-state index contributed by atoms with van der Waals surface area (Å²) in [6, 6.07) is 9.43. The summed E-state index contributed by atoms with van der Waals surface area (Å²) in [6.07, 6.45) is 5.21. The van der Waals surface area contributed by atoms with Crippen LogP contribution in [0.3, 0.4) is 0 Å². The topological polar surface area (TPSA) is 80.7 Å². The zero-order chi connectivity index (χ0) is 17.9. The van der Waals surface area contributed by atoms with Crippen molar-refractivity contribution in [1.82, 2.24) is 4.98 Å². The van der Waals surface area contributed by atoms with Gasteiger partial charge in [0.05, 0.1) is 0 Å². The highest BCUT2D eigenvalue weighted by Crippen LogP contribution is 2.41. The molecule has 1 aliphatic rings. The van der Waals surface area contributed by atoms with E-state index in [9.17, 15) is 9.18 Å². The summed E-state index contributed by atoms with van der Waals surface area (Å²) in [4.78, 5) is 16.8. The Morgan fingerprint density at radius 1 is 1.12 bits per heavy atom. The number of carbonyl (C=O) groups is 1. The van der Waals surface area contributed by atoms with Crippen LogP contribution in [0, 0.1) is 5.82 Å². The summed E-state index contributed by atoms with van der Waals surface area (Å²) in [5.74, 6) is -0.523. The van der Waals surface area contributed by atoms with Crippen LogP contribution >= 0.6 is 0 Å². The van der Waals surface area contributed by atoms with Crippen LogP contribution in [0.5, 0.6) is 0 Å². The number of carbonyl (C=O) groups excluding carboxylic acids is 1. The van der Waals surface area contributed by atoms with E-state index in [-0.39, 0.29) is 11.6 Å². The maximum Gasteiger partial charge on any atom is 0.216 e. The number of ketones is 1. The van der Waals surface area contributed by atoms with Gasteiger partial charge in [-0.3, -0.25) is 15.5 Å². The van der Waals surface area contributed by atoms with Crippen LogP contribution in [0.25, 0.3) is 11.3 Å². The highest BCUT2D eigenvalue weighted by molar-refractivity contribution is 6.09. The SMILES string of the molecule is CCCCC(=O)C1(N)N=NC(c2ccc(F)cc2)=C1c1ccncc1. The third-order valence-electron chi connectivity index (χ3n) is 4.19. The Kier molecular flexibility index (Phi) is 4.81. The summed E-state index contributed by atoms with van der Waals surface area (Å²) >= 11 is 0. The molecule has 25 heavy (non-hydrogen) atoms. The van der Waals surface area contributed by atoms with Crippen molar-refractivity contribution in [3.05, 3.63) is 65.7 Å². The van der Waals surface area contributed by atoms with E-state index in [0.29, 0.717) is 23.3 Å². The van der Waals surface area contributed by atoms with E-state index in [2.05, 4.69) is 15.2 Å². The van der Waals surface area contributed by atoms with Crippen LogP contribution in [-0.2, 0) is 4.79 Å². The van der Waals surface area contributed by atoms with Gasteiger partial charge in [0.25, 0.3) is 0 Å². The second-order valence-corrected chi connectivity index (χ2v) is 5.96. The molecule has 2 heterocycles. The standard InChI is InChI=1S/C19H19FN4O/c1-2-3-4-16(25)19(21)17(13-9-11-22-12-10-13)18(23-24-19)14-5-7-15(20)8-6-14/h5-12H,2-4,21H2,1H3. The Morgan fingerprint density at radius 2 is 1.80 bits per heavy atom. The normalized spacial score (nSPS) is 19.5. The van der Waals surface area contributed by atoms with Gasteiger partial charge in [-0.2, -0.15) is 10.2 Å². The molecule has 0 saturated carbocycles. The number of rotatable bonds is 6. The van der Waals surface area contributed by atoms with Crippen LogP contribution in [-0.4, -0.2) is 16.4 Å². The van der Waals surface area contributed by atoms with E-state index in [4.69, 9.17) is 5.73 Å². The minimum Gasteiger partial charge on any atom is -0.295 e. The van der Waals surface area contributed by atoms with Crippen molar-refractivity contribution in [1.29, 1.82) is 0 Å². The van der Waals surface area contributed by atoms with Crippen LogP contribution in [0.1, 0.15) is 37.3 Å². The van der Waals surface area contributed by atoms with E-state index in [0.717, 1.165) is 18.4 Å². The van der Waals surface area contributed by atoms with Crippen molar-refractivity contribution in [2.24, 2.45) is 16.0 Å². The van der Waals surface area contributed by atoms with E-state index in [1.54, 1.807) is 36.7 Å². The van der Waals surface area contributed by atoms with E-state index < -0.39 is 5.66 Å². The van der Waals surface area contributed by atoms with Gasteiger partial charge in [0.15, 0.2) is 5.78 Å². The molecule has 1 aliphatic heterocycles. The van der Waals surface area contributed by atoms with Gasteiger partial charge < -0.3 is 0 Å². The lowest BCUT2D eigenvalue weighted by atomic mass is 9.86. The number of pyridine rings is 1. The molecule has 1 unspecified atom stereocenters. The third kappa shape index (κ3) is 3.25. The number of unbranched alkanes of at least 4 members (excludes halogenated alkanes) is 1. The first-order chi connectivity index (χ1) is 12.1. The minimum absolute atomic E-state index is 0.179. The number of Topliss-reactive ketones (excluding diaryl/α,β-unsaturated/α-hetero) is 1. The molecule has 0 amide bonds. The van der Waals surface area contributed by atoms with Crippen molar-refractivity contribution in [2.75, 3.05) is 0 Å². The van der Waals surface area contributed by atoms with Gasteiger partial charge in [-0.1, -0.05) is 13.3 Å². The lowest BCUT2D eigenvalue weighted by molar-refractivity contribution is -0.122. The largest absolute Gasteiger partial charge is 0.295 e. The fourth-order valence-electron chi connectivity index (χ4n) is 2.82. The molecule has 3 rings (SSSR count). The van der Waals surface area contributed by atoms with Gasteiger partial charge in [-0.05, 0) is 48.4 Å². The number of azo groups is 1. The van der Waals surface area contributed by atoms with Crippen molar-refractivity contribution < 1.29 is 9.18 Å². The Labute approximate surface area is 145 Å². The smallest absolute Gasteiger partial charge is 0.216 e. The highest BCUT2D eigenvalue weighted by Gasteiger charge is 2.44. The van der Waals surface area contributed by atoms with Crippen molar-refractivity contribution in [3.8, 4) is 0 Å². The monoisotopic (exact) mass is 338 g/mol. The quantitative estimate of drug-likeness (QED) is 0.865. The fourth-order valence-corrected chi connectivity index (χ4v) is 2.82. The number of benzene rings is 1. The van der Waals surface area contributed by atoms with Gasteiger partial charge in [0, 0.05) is 30.0 Å². The molecular formula is C19H19FN4O. The summed E-state index contributed by atoms with van der Waals surface area (Å²) in [5, 5.41) is 8.32. The van der Waals surface area contributed by atoms with Gasteiger partial charge in [0.1, 0.15) is 11.5 Å². The Balaban J connectivity index is 2.13. The van der Waals surface area contributed by atoms with E-state index >= 15 is 0 Å². The van der Waals surface area contributed by atoms with Crippen molar-refractivity contribution in [3.63, 3.8) is 0 Å². The Hall–Kier alpha value is -2.73. The molecule has 1 aromatic heterocycles. The summed E-state index contributed by atoms with van der Waals surface area (Å²) in [7, 11) is 0. The molecule has 0 saturated heterocycles. The first-order valence-electron chi connectivity index (χ1n) is 8.22. The van der Waals surface area contributed by atoms with Gasteiger partial charge in [-0.25, -0.2) is 4.39 Å². The lowest BCUT2D eigenvalue weighted by Crippen LogP contribution is -2.45. The van der Waals surface area contributed by atoms with E-state index in [1.165, 1.54) is 12.1 Å². The number of hydrogen-bond acceptors (Lipinski definition) is 5. The number of hydrogen-bond donors (Lipinski definition) is 1. The number of nitrogens with two attached hydrogens (primary N) is 1. The maximum atomic E-state index is 13.3. The Morgan fingerprint density at radius 3 is 2.44 bits per heavy atom. The number of nitrogens with zero attached hydrogens (tertiary/aromatic N) is 3. The zero-order valence-electron chi connectivity index (χ0n) is 13.9. The molecule has 0 aliphatic carbocycles. The molecular weight excluding hydrogens is 319 g/mol. The molecule has 0 bridgehead atoms. The lowest BCUT2D eigenvalue weighted by Gasteiger charge is -2.22. The first kappa shape index (κ1) is 17.1. The molecule has 1 aromatic carbocycles. The van der Waals surface area contributed by atoms with Crippen LogP contribution < -0.4 is 5.73 Å². The summed E-state index contributed by atoms with van der Waals surface area (Å²) in [6.45, 7) is 2.01. The molecule has 2 N–H and O–H groups in total. The number of halogens is 1. The second kappa shape index (κ2) is 7.03. The average molecular weight is 338 g/mol. The summed E-state index contributed by atoms with van der Waals surface area (Å²) < 4.78 is 13.3.